The van der Waals surface area contributed by atoms with Crippen LogP contribution in [-0.2, 0) is 4.79 Å². The molecule has 0 saturated heterocycles. The molecule has 0 aliphatic heterocycles. The number of amides is 1. The van der Waals surface area contributed by atoms with Crippen LogP contribution in [0.25, 0.3) is 0 Å². The number of nitriles is 1. The number of nitrogens with one attached hydrogen (secondary N) is 1. The van der Waals surface area contributed by atoms with Crippen molar-refractivity contribution in [3.63, 3.8) is 0 Å². The lowest BCUT2D eigenvalue weighted by atomic mass is 10.1. The molecule has 1 unspecified atom stereocenters. The van der Waals surface area contributed by atoms with E-state index in [4.69, 9.17) is 5.26 Å². The summed E-state index contributed by atoms with van der Waals surface area (Å²) in [6.45, 7) is 3.86. The molecule has 0 aliphatic carbocycles. The summed E-state index contributed by atoms with van der Waals surface area (Å²) in [7, 11) is 0. The van der Waals surface area contributed by atoms with Crippen molar-refractivity contribution in [2.24, 2.45) is 0 Å². The van der Waals surface area contributed by atoms with Gasteiger partial charge in [-0.3, -0.25) is 4.79 Å². The molecule has 0 spiro atoms. The first-order valence-electron chi connectivity index (χ1n) is 5.39. The van der Waals surface area contributed by atoms with Gasteiger partial charge in [-0.2, -0.15) is 5.26 Å². The van der Waals surface area contributed by atoms with Gasteiger partial charge in [0.25, 0.3) is 0 Å². The molecule has 1 amide bonds. The second-order valence-corrected chi connectivity index (χ2v) is 3.58. The van der Waals surface area contributed by atoms with Gasteiger partial charge < -0.3 is 5.32 Å². The van der Waals surface area contributed by atoms with E-state index in [9.17, 15) is 4.79 Å². The number of hydrogen-bond donors (Lipinski definition) is 1. The van der Waals surface area contributed by atoms with Crippen LogP contribution in [0.2, 0.25) is 0 Å². The summed E-state index contributed by atoms with van der Waals surface area (Å²) in [6.07, 6.45) is 6.27. The number of carbonyl (C=O) groups is 1. The maximum atomic E-state index is 11.2. The molecular weight excluding hydrogens is 176 g/mol. The molecule has 0 aromatic carbocycles. The third-order valence-corrected chi connectivity index (χ3v) is 2.08. The second kappa shape index (κ2) is 8.55. The van der Waals surface area contributed by atoms with Gasteiger partial charge in [0, 0.05) is 6.42 Å². The number of unbranched alkanes of at least 4 members (excludes halogenated alkanes) is 4. The van der Waals surface area contributed by atoms with Gasteiger partial charge in [-0.05, 0) is 13.3 Å². The summed E-state index contributed by atoms with van der Waals surface area (Å²) in [5, 5.41) is 11.1. The molecule has 1 N–H and O–H groups in total. The van der Waals surface area contributed by atoms with Gasteiger partial charge in [0.1, 0.15) is 6.04 Å². The Labute approximate surface area is 86.5 Å². The van der Waals surface area contributed by atoms with Crippen LogP contribution in [0.1, 0.15) is 52.4 Å². The van der Waals surface area contributed by atoms with Crippen molar-refractivity contribution in [3.8, 4) is 6.07 Å². The third kappa shape index (κ3) is 7.60. The predicted octanol–water partition coefficient (Wildman–Crippen LogP) is 2.38. The van der Waals surface area contributed by atoms with Crippen molar-refractivity contribution in [2.45, 2.75) is 58.4 Å². The van der Waals surface area contributed by atoms with Gasteiger partial charge in [-0.15, -0.1) is 0 Å². The van der Waals surface area contributed by atoms with Crippen LogP contribution in [0.15, 0.2) is 0 Å². The number of nitrogens with zero attached hydrogens (tertiary/aromatic N) is 1. The highest BCUT2D eigenvalue weighted by molar-refractivity contribution is 5.76. The smallest absolute Gasteiger partial charge is 0.221 e. The van der Waals surface area contributed by atoms with E-state index in [2.05, 4.69) is 12.2 Å². The number of hydrogen-bond acceptors (Lipinski definition) is 2. The van der Waals surface area contributed by atoms with Gasteiger partial charge in [-0.1, -0.05) is 32.6 Å². The highest BCUT2D eigenvalue weighted by Gasteiger charge is 2.04. The molecular formula is C11H20N2O. The molecule has 0 radical (unpaired) electrons. The van der Waals surface area contributed by atoms with E-state index in [1.807, 2.05) is 6.07 Å². The zero-order valence-electron chi connectivity index (χ0n) is 9.18. The van der Waals surface area contributed by atoms with Crippen molar-refractivity contribution in [1.29, 1.82) is 5.26 Å². The standard InChI is InChI=1S/C11H20N2O/c1-3-4-5-6-7-8-11(14)13-10(2)9-12/h10H,3-8H2,1-2H3,(H,13,14). The fourth-order valence-corrected chi connectivity index (χ4v) is 1.24. The van der Waals surface area contributed by atoms with Crippen LogP contribution in [-0.4, -0.2) is 11.9 Å². The minimum absolute atomic E-state index is 0.00412. The Balaban J connectivity index is 3.32. The first-order chi connectivity index (χ1) is 6.70. The molecule has 0 fully saturated rings. The van der Waals surface area contributed by atoms with Crippen molar-refractivity contribution in [1.82, 2.24) is 5.32 Å². The molecule has 14 heavy (non-hydrogen) atoms. The van der Waals surface area contributed by atoms with E-state index < -0.39 is 0 Å². The lowest BCUT2D eigenvalue weighted by Gasteiger charge is -2.05. The van der Waals surface area contributed by atoms with Crippen LogP contribution in [0.4, 0.5) is 0 Å². The quantitative estimate of drug-likeness (QED) is 0.635. The highest BCUT2D eigenvalue weighted by Crippen LogP contribution is 2.04. The van der Waals surface area contributed by atoms with Gasteiger partial charge in [0.2, 0.25) is 5.91 Å². The first-order valence-corrected chi connectivity index (χ1v) is 5.39. The van der Waals surface area contributed by atoms with E-state index in [0.29, 0.717) is 6.42 Å². The van der Waals surface area contributed by atoms with E-state index in [1.165, 1.54) is 19.3 Å². The van der Waals surface area contributed by atoms with Crippen molar-refractivity contribution in [3.05, 3.63) is 0 Å². The van der Waals surface area contributed by atoms with Crippen LogP contribution in [0.5, 0.6) is 0 Å². The third-order valence-electron chi connectivity index (χ3n) is 2.08. The van der Waals surface area contributed by atoms with Gasteiger partial charge in [0.15, 0.2) is 0 Å². The SMILES string of the molecule is CCCCCCCC(=O)NC(C)C#N. The zero-order valence-corrected chi connectivity index (χ0v) is 9.18. The van der Waals surface area contributed by atoms with Crippen molar-refractivity contribution >= 4 is 5.91 Å². The molecule has 0 rings (SSSR count). The van der Waals surface area contributed by atoms with Crippen LogP contribution >= 0.6 is 0 Å². The molecule has 0 aromatic heterocycles. The normalized spacial score (nSPS) is 11.8. The Morgan fingerprint density at radius 1 is 1.36 bits per heavy atom. The maximum Gasteiger partial charge on any atom is 0.221 e. The Morgan fingerprint density at radius 3 is 2.57 bits per heavy atom. The van der Waals surface area contributed by atoms with Gasteiger partial charge >= 0.3 is 0 Å². The van der Waals surface area contributed by atoms with Crippen LogP contribution < -0.4 is 5.32 Å². The molecule has 3 nitrogen and oxygen atoms in total. The summed E-state index contributed by atoms with van der Waals surface area (Å²) in [4.78, 5) is 11.2. The molecule has 0 bridgehead atoms. The summed E-state index contributed by atoms with van der Waals surface area (Å²) in [5.41, 5.74) is 0. The summed E-state index contributed by atoms with van der Waals surface area (Å²) >= 11 is 0. The van der Waals surface area contributed by atoms with E-state index in [0.717, 1.165) is 12.8 Å². The van der Waals surface area contributed by atoms with Crippen LogP contribution in [0.3, 0.4) is 0 Å². The Bertz CT molecular complexity index is 196. The summed E-state index contributed by atoms with van der Waals surface area (Å²) < 4.78 is 0. The van der Waals surface area contributed by atoms with Crippen LogP contribution in [0, 0.1) is 11.3 Å². The largest absolute Gasteiger partial charge is 0.341 e. The average molecular weight is 196 g/mol. The lowest BCUT2D eigenvalue weighted by Crippen LogP contribution is -2.30. The zero-order chi connectivity index (χ0) is 10.8. The number of carbonyl (C=O) groups excluding carboxylic acids is 1. The molecule has 0 saturated carbocycles. The molecule has 3 heteroatoms. The van der Waals surface area contributed by atoms with Crippen molar-refractivity contribution in [2.75, 3.05) is 0 Å². The average Bonchev–Trinajstić information content (AvgIpc) is 2.17. The molecule has 0 aromatic rings. The second-order valence-electron chi connectivity index (χ2n) is 3.58. The van der Waals surface area contributed by atoms with E-state index in [1.54, 1.807) is 6.92 Å². The van der Waals surface area contributed by atoms with Crippen molar-refractivity contribution < 1.29 is 4.79 Å². The fraction of sp³-hybridized carbons (Fsp3) is 0.818. The molecule has 1 atom stereocenters. The topological polar surface area (TPSA) is 52.9 Å². The first kappa shape index (κ1) is 13.0. The highest BCUT2D eigenvalue weighted by atomic mass is 16.1. The summed E-state index contributed by atoms with van der Waals surface area (Å²) in [6, 6.07) is 1.61. The maximum absolute atomic E-state index is 11.2. The lowest BCUT2D eigenvalue weighted by molar-refractivity contribution is -0.121. The number of rotatable bonds is 7. The Hall–Kier alpha value is -1.04. The summed E-state index contributed by atoms with van der Waals surface area (Å²) in [5.74, 6) is -0.00412. The van der Waals surface area contributed by atoms with E-state index >= 15 is 0 Å². The predicted molar refractivity (Wildman–Crippen MR) is 56.6 cm³/mol. The molecule has 0 heterocycles. The van der Waals surface area contributed by atoms with Gasteiger partial charge in [-0.25, -0.2) is 0 Å². The minimum atomic E-state index is -0.363. The molecule has 0 aliphatic rings. The Kier molecular flexibility index (Phi) is 7.92. The fourth-order valence-electron chi connectivity index (χ4n) is 1.24. The molecule has 80 valence electrons. The Morgan fingerprint density at radius 2 is 2.00 bits per heavy atom. The minimum Gasteiger partial charge on any atom is -0.341 e. The van der Waals surface area contributed by atoms with Gasteiger partial charge in [0.05, 0.1) is 6.07 Å². The monoisotopic (exact) mass is 196 g/mol. The van der Waals surface area contributed by atoms with E-state index in [-0.39, 0.29) is 11.9 Å².